The van der Waals surface area contributed by atoms with E-state index in [-0.39, 0.29) is 17.5 Å². The Balaban J connectivity index is 2.00. The fourth-order valence-electron chi connectivity index (χ4n) is 2.53. The number of carboxylic acids is 1. The molecule has 0 unspecified atom stereocenters. The lowest BCUT2D eigenvalue weighted by Crippen LogP contribution is -2.20. The Labute approximate surface area is 127 Å². The Hall–Kier alpha value is -2.40. The fraction of sp³-hybridized carbons (Fsp3) is 0.235. The van der Waals surface area contributed by atoms with Crippen LogP contribution in [0.15, 0.2) is 42.5 Å². The van der Waals surface area contributed by atoms with Crippen LogP contribution >= 0.6 is 0 Å². The zero-order valence-electron chi connectivity index (χ0n) is 11.9. The van der Waals surface area contributed by atoms with Gasteiger partial charge in [-0.25, -0.2) is 9.18 Å². The fourth-order valence-corrected chi connectivity index (χ4v) is 2.53. The van der Waals surface area contributed by atoms with Crippen molar-refractivity contribution in [2.24, 2.45) is 0 Å². The molecule has 1 heterocycles. The number of nitrogens with one attached hydrogen (secondary N) is 1. The quantitative estimate of drug-likeness (QED) is 0.911. The summed E-state index contributed by atoms with van der Waals surface area (Å²) in [4.78, 5) is 11.2. The molecule has 0 saturated carbocycles. The van der Waals surface area contributed by atoms with Crippen LogP contribution in [0, 0.1) is 5.82 Å². The number of aromatic carboxylic acids is 1. The third kappa shape index (κ3) is 3.09. The van der Waals surface area contributed by atoms with Gasteiger partial charge in [0.2, 0.25) is 0 Å². The molecule has 4 nitrogen and oxygen atoms in total. The van der Waals surface area contributed by atoms with E-state index >= 15 is 0 Å². The van der Waals surface area contributed by atoms with E-state index in [4.69, 9.17) is 9.84 Å². The molecule has 1 saturated heterocycles. The molecular formula is C17H16FNO3. The monoisotopic (exact) mass is 301 g/mol. The van der Waals surface area contributed by atoms with Crippen LogP contribution in [0.3, 0.4) is 0 Å². The number of hydrogen-bond donors (Lipinski definition) is 2. The average Bonchev–Trinajstić information content (AvgIpc) is 3.01. The Morgan fingerprint density at radius 3 is 2.64 bits per heavy atom. The lowest BCUT2D eigenvalue weighted by molar-refractivity contribution is 0.0697. The number of hydrogen-bond acceptors (Lipinski definition) is 3. The van der Waals surface area contributed by atoms with Crippen LogP contribution in [0.2, 0.25) is 0 Å². The Morgan fingerprint density at radius 1 is 1.23 bits per heavy atom. The summed E-state index contributed by atoms with van der Waals surface area (Å²) in [6.07, 6.45) is 0.971. The lowest BCUT2D eigenvalue weighted by atomic mass is 10.0. The van der Waals surface area contributed by atoms with Gasteiger partial charge < -0.3 is 15.2 Å². The maximum atomic E-state index is 13.1. The van der Waals surface area contributed by atoms with Crippen LogP contribution in [0.5, 0.6) is 5.75 Å². The van der Waals surface area contributed by atoms with Gasteiger partial charge in [0.15, 0.2) is 0 Å². The summed E-state index contributed by atoms with van der Waals surface area (Å²) in [7, 11) is 0. The van der Waals surface area contributed by atoms with Crippen molar-refractivity contribution in [3.8, 4) is 16.9 Å². The minimum Gasteiger partial charge on any atom is -0.488 e. The van der Waals surface area contributed by atoms with Crippen LogP contribution in [-0.2, 0) is 0 Å². The molecule has 0 aliphatic carbocycles. The van der Waals surface area contributed by atoms with Gasteiger partial charge in [0.05, 0.1) is 5.56 Å². The number of rotatable bonds is 4. The molecule has 1 aliphatic heterocycles. The van der Waals surface area contributed by atoms with E-state index in [1.165, 1.54) is 18.2 Å². The van der Waals surface area contributed by atoms with E-state index in [2.05, 4.69) is 5.32 Å². The van der Waals surface area contributed by atoms with Gasteiger partial charge in [0.25, 0.3) is 0 Å². The van der Waals surface area contributed by atoms with Crippen molar-refractivity contribution in [2.75, 3.05) is 13.1 Å². The zero-order chi connectivity index (χ0) is 15.5. The molecule has 1 aliphatic rings. The molecule has 2 aromatic carbocycles. The van der Waals surface area contributed by atoms with Gasteiger partial charge in [-0.05, 0) is 48.9 Å². The van der Waals surface area contributed by atoms with Crippen molar-refractivity contribution in [1.82, 2.24) is 5.32 Å². The third-order valence-corrected chi connectivity index (χ3v) is 3.69. The number of carboxylic acid groups (broad SMARTS) is 1. The summed E-state index contributed by atoms with van der Waals surface area (Å²) in [5.74, 6) is -0.719. The first kappa shape index (κ1) is 14.5. The predicted molar refractivity (Wildman–Crippen MR) is 80.7 cm³/mol. The van der Waals surface area contributed by atoms with Gasteiger partial charge >= 0.3 is 5.97 Å². The predicted octanol–water partition coefficient (Wildman–Crippen LogP) is 2.93. The van der Waals surface area contributed by atoms with E-state index < -0.39 is 5.97 Å². The molecule has 3 rings (SSSR count). The van der Waals surface area contributed by atoms with Crippen LogP contribution in [-0.4, -0.2) is 30.3 Å². The zero-order valence-corrected chi connectivity index (χ0v) is 11.9. The topological polar surface area (TPSA) is 58.6 Å². The van der Waals surface area contributed by atoms with Crippen molar-refractivity contribution >= 4 is 5.97 Å². The van der Waals surface area contributed by atoms with Gasteiger partial charge in [0.1, 0.15) is 17.7 Å². The second-order valence-electron chi connectivity index (χ2n) is 5.26. The number of halogens is 1. The second-order valence-corrected chi connectivity index (χ2v) is 5.26. The normalized spacial score (nSPS) is 17.4. The standard InChI is InChI=1S/C17H16FNO3/c18-13-4-1-11(2-5-13)15-9-12(17(20)21)3-6-16(15)22-14-7-8-19-10-14/h1-6,9,14,19H,7-8,10H2,(H,20,21)/t14-/m0/s1. The van der Waals surface area contributed by atoms with Gasteiger partial charge in [-0.3, -0.25) is 0 Å². The summed E-state index contributed by atoms with van der Waals surface area (Å²) in [6.45, 7) is 1.67. The van der Waals surface area contributed by atoms with Crippen molar-refractivity contribution in [3.63, 3.8) is 0 Å². The first-order chi connectivity index (χ1) is 10.6. The largest absolute Gasteiger partial charge is 0.488 e. The Bertz CT molecular complexity index is 679. The van der Waals surface area contributed by atoms with E-state index in [0.717, 1.165) is 25.1 Å². The SMILES string of the molecule is O=C(O)c1ccc(O[C@H]2CCNC2)c(-c2ccc(F)cc2)c1. The molecule has 22 heavy (non-hydrogen) atoms. The molecule has 0 aromatic heterocycles. The molecule has 5 heteroatoms. The molecule has 0 bridgehead atoms. The van der Waals surface area contributed by atoms with Crippen LogP contribution in [0.1, 0.15) is 16.8 Å². The van der Waals surface area contributed by atoms with E-state index in [0.29, 0.717) is 11.3 Å². The van der Waals surface area contributed by atoms with Crippen molar-refractivity contribution in [3.05, 3.63) is 53.8 Å². The molecule has 2 N–H and O–H groups in total. The van der Waals surface area contributed by atoms with Crippen molar-refractivity contribution in [2.45, 2.75) is 12.5 Å². The first-order valence-corrected chi connectivity index (χ1v) is 7.14. The first-order valence-electron chi connectivity index (χ1n) is 7.14. The van der Waals surface area contributed by atoms with E-state index in [9.17, 15) is 9.18 Å². The summed E-state index contributed by atoms with van der Waals surface area (Å²) in [5.41, 5.74) is 1.56. The summed E-state index contributed by atoms with van der Waals surface area (Å²) >= 11 is 0. The van der Waals surface area contributed by atoms with Gasteiger partial charge in [-0.2, -0.15) is 0 Å². The summed E-state index contributed by atoms with van der Waals surface area (Å²) in [5, 5.41) is 12.4. The second kappa shape index (κ2) is 6.15. The molecule has 114 valence electrons. The Morgan fingerprint density at radius 2 is 2.00 bits per heavy atom. The Kier molecular flexibility index (Phi) is 4.06. The molecule has 1 fully saturated rings. The van der Waals surface area contributed by atoms with E-state index in [1.54, 1.807) is 24.3 Å². The smallest absolute Gasteiger partial charge is 0.335 e. The van der Waals surface area contributed by atoms with Crippen LogP contribution in [0.25, 0.3) is 11.1 Å². The highest BCUT2D eigenvalue weighted by atomic mass is 19.1. The van der Waals surface area contributed by atoms with Crippen LogP contribution in [0.4, 0.5) is 4.39 Å². The highest BCUT2D eigenvalue weighted by Crippen LogP contribution is 2.32. The average molecular weight is 301 g/mol. The highest BCUT2D eigenvalue weighted by molar-refractivity contribution is 5.90. The van der Waals surface area contributed by atoms with Gasteiger partial charge in [-0.15, -0.1) is 0 Å². The molecule has 2 aromatic rings. The van der Waals surface area contributed by atoms with Crippen molar-refractivity contribution < 1.29 is 19.0 Å². The van der Waals surface area contributed by atoms with Gasteiger partial charge in [0, 0.05) is 12.1 Å². The van der Waals surface area contributed by atoms with E-state index in [1.807, 2.05) is 0 Å². The minimum absolute atomic E-state index is 0.0647. The molecule has 0 amide bonds. The number of carbonyl (C=O) groups is 1. The molecule has 0 radical (unpaired) electrons. The molecule has 0 spiro atoms. The molecule has 1 atom stereocenters. The van der Waals surface area contributed by atoms with Crippen molar-refractivity contribution in [1.29, 1.82) is 0 Å². The maximum absolute atomic E-state index is 13.1. The number of ether oxygens (including phenoxy) is 1. The third-order valence-electron chi connectivity index (χ3n) is 3.69. The molecular weight excluding hydrogens is 285 g/mol. The minimum atomic E-state index is -1.00. The maximum Gasteiger partial charge on any atom is 0.335 e. The lowest BCUT2D eigenvalue weighted by Gasteiger charge is -2.17. The summed E-state index contributed by atoms with van der Waals surface area (Å²) in [6, 6.07) is 10.7. The van der Waals surface area contributed by atoms with Crippen LogP contribution < -0.4 is 10.1 Å². The number of benzene rings is 2. The van der Waals surface area contributed by atoms with Gasteiger partial charge in [-0.1, -0.05) is 12.1 Å². The highest BCUT2D eigenvalue weighted by Gasteiger charge is 2.19. The summed E-state index contributed by atoms with van der Waals surface area (Å²) < 4.78 is 19.1.